The molecule has 0 saturated carbocycles. The van der Waals surface area contributed by atoms with Crippen LogP contribution in [0.25, 0.3) is 0 Å². The minimum Gasteiger partial charge on any atom is -0.346 e. The molecule has 0 radical (unpaired) electrons. The molecule has 0 aliphatic heterocycles. The molecule has 0 atom stereocenters. The maximum Gasteiger partial charge on any atom is 0.244 e. The van der Waals surface area contributed by atoms with E-state index in [2.05, 4.69) is 15.2 Å². The molecule has 1 rings (SSSR count). The molecule has 0 fully saturated rings. The summed E-state index contributed by atoms with van der Waals surface area (Å²) in [4.78, 5) is 5.73. The zero-order valence-electron chi connectivity index (χ0n) is 5.44. The second kappa shape index (κ2) is 2.39. The summed E-state index contributed by atoms with van der Waals surface area (Å²) in [7, 11) is 3.74. The lowest BCUT2D eigenvalue weighted by molar-refractivity contribution is 0.906. The van der Waals surface area contributed by atoms with Crippen LogP contribution in [0.5, 0.6) is 0 Å². The molecule has 0 aromatic carbocycles. The highest BCUT2D eigenvalue weighted by Gasteiger charge is 1.93. The highest BCUT2D eigenvalue weighted by Crippen LogP contribution is 1.94. The summed E-state index contributed by atoms with van der Waals surface area (Å²) in [5, 5.41) is 7.39. The van der Waals surface area contributed by atoms with Crippen LogP contribution in [0.4, 0.5) is 5.95 Å². The van der Waals surface area contributed by atoms with Gasteiger partial charge in [0.15, 0.2) is 0 Å². The molecule has 1 aromatic rings. The van der Waals surface area contributed by atoms with Gasteiger partial charge in [-0.25, -0.2) is 4.98 Å². The zero-order valence-corrected chi connectivity index (χ0v) is 5.44. The molecular weight excluding hydrogens is 116 g/mol. The fraction of sp³-hybridized carbons (Fsp3) is 0.400. The van der Waals surface area contributed by atoms with Crippen LogP contribution in [-0.2, 0) is 0 Å². The summed E-state index contributed by atoms with van der Waals surface area (Å²) < 4.78 is 0. The number of hydrogen-bond donors (Lipinski definition) is 0. The minimum atomic E-state index is 0.637. The third-order valence-corrected chi connectivity index (χ3v) is 0.871. The van der Waals surface area contributed by atoms with E-state index in [1.807, 2.05) is 14.1 Å². The van der Waals surface area contributed by atoms with Gasteiger partial charge in [0.1, 0.15) is 0 Å². The van der Waals surface area contributed by atoms with Crippen molar-refractivity contribution in [3.63, 3.8) is 0 Å². The third-order valence-electron chi connectivity index (χ3n) is 0.871. The van der Waals surface area contributed by atoms with E-state index >= 15 is 0 Å². The molecule has 4 heteroatoms. The van der Waals surface area contributed by atoms with E-state index in [1.54, 1.807) is 17.3 Å². The van der Waals surface area contributed by atoms with Crippen molar-refractivity contribution in [1.82, 2.24) is 15.2 Å². The second-order valence-electron chi connectivity index (χ2n) is 1.84. The molecule has 0 bridgehead atoms. The molecule has 0 unspecified atom stereocenters. The molecule has 1 aromatic heterocycles. The van der Waals surface area contributed by atoms with Crippen LogP contribution in [0.3, 0.4) is 0 Å². The van der Waals surface area contributed by atoms with Gasteiger partial charge in [-0.1, -0.05) is 0 Å². The van der Waals surface area contributed by atoms with E-state index in [9.17, 15) is 0 Å². The first-order valence-electron chi connectivity index (χ1n) is 2.61. The number of hydrogen-bond acceptors (Lipinski definition) is 4. The lowest BCUT2D eigenvalue weighted by Gasteiger charge is -2.05. The Morgan fingerprint density at radius 2 is 2.11 bits per heavy atom. The van der Waals surface area contributed by atoms with Gasteiger partial charge in [0, 0.05) is 14.1 Å². The van der Waals surface area contributed by atoms with Crippen molar-refractivity contribution in [2.75, 3.05) is 19.0 Å². The van der Waals surface area contributed by atoms with Crippen LogP contribution >= 0.6 is 0 Å². The van der Waals surface area contributed by atoms with Gasteiger partial charge in [-0.2, -0.15) is 5.10 Å². The summed E-state index contributed by atoms with van der Waals surface area (Å²) in [6.07, 6.45) is 3.16. The first kappa shape index (κ1) is 5.94. The Morgan fingerprint density at radius 1 is 1.33 bits per heavy atom. The predicted molar refractivity (Wildman–Crippen MR) is 34.2 cm³/mol. The maximum absolute atomic E-state index is 3.93. The topological polar surface area (TPSA) is 41.9 Å². The van der Waals surface area contributed by atoms with Crippen LogP contribution in [0.2, 0.25) is 0 Å². The number of rotatable bonds is 1. The highest BCUT2D eigenvalue weighted by atomic mass is 15.3. The van der Waals surface area contributed by atoms with Crippen LogP contribution in [-0.4, -0.2) is 29.3 Å². The number of aromatic nitrogens is 3. The molecule has 48 valence electrons. The standard InChI is InChI=1S/C5H8N4/c1-9(2)5-6-3-4-7-8-5/h3-4H,1-2H3. The van der Waals surface area contributed by atoms with E-state index in [-0.39, 0.29) is 0 Å². The van der Waals surface area contributed by atoms with Gasteiger partial charge < -0.3 is 4.90 Å². The molecule has 9 heavy (non-hydrogen) atoms. The predicted octanol–water partition coefficient (Wildman–Crippen LogP) is -0.0624. The van der Waals surface area contributed by atoms with Crippen molar-refractivity contribution in [3.05, 3.63) is 12.4 Å². The van der Waals surface area contributed by atoms with E-state index < -0.39 is 0 Å². The average Bonchev–Trinajstić information content (AvgIpc) is 1.90. The van der Waals surface area contributed by atoms with E-state index in [4.69, 9.17) is 0 Å². The Balaban J connectivity index is 2.85. The van der Waals surface area contributed by atoms with Crippen molar-refractivity contribution in [1.29, 1.82) is 0 Å². The first-order valence-corrected chi connectivity index (χ1v) is 2.61. The van der Waals surface area contributed by atoms with Gasteiger partial charge in [-0.05, 0) is 0 Å². The van der Waals surface area contributed by atoms with Crippen molar-refractivity contribution in [2.24, 2.45) is 0 Å². The molecule has 0 spiro atoms. The Morgan fingerprint density at radius 3 is 2.44 bits per heavy atom. The van der Waals surface area contributed by atoms with Crippen molar-refractivity contribution >= 4 is 5.95 Å². The number of anilines is 1. The SMILES string of the molecule is CN(C)c1nccnn1. The van der Waals surface area contributed by atoms with Crippen LogP contribution < -0.4 is 4.90 Å². The van der Waals surface area contributed by atoms with Gasteiger partial charge >= 0.3 is 0 Å². The Labute approximate surface area is 53.5 Å². The fourth-order valence-electron chi connectivity index (χ4n) is 0.446. The fourth-order valence-corrected chi connectivity index (χ4v) is 0.446. The van der Waals surface area contributed by atoms with Crippen LogP contribution in [0.1, 0.15) is 0 Å². The molecular formula is C5H8N4. The molecule has 0 aliphatic rings. The van der Waals surface area contributed by atoms with Crippen molar-refractivity contribution < 1.29 is 0 Å². The highest BCUT2D eigenvalue weighted by molar-refractivity contribution is 5.22. The quantitative estimate of drug-likeness (QED) is 0.526. The van der Waals surface area contributed by atoms with Crippen LogP contribution in [0.15, 0.2) is 12.4 Å². The monoisotopic (exact) mass is 124 g/mol. The average molecular weight is 124 g/mol. The number of nitrogens with zero attached hydrogens (tertiary/aromatic N) is 4. The molecule has 0 N–H and O–H groups in total. The normalized spacial score (nSPS) is 9.11. The summed E-state index contributed by atoms with van der Waals surface area (Å²) in [6, 6.07) is 0. The lowest BCUT2D eigenvalue weighted by atomic mass is 10.8. The van der Waals surface area contributed by atoms with Gasteiger partial charge in [0.05, 0.1) is 12.4 Å². The van der Waals surface area contributed by atoms with Gasteiger partial charge in [0.2, 0.25) is 5.95 Å². The molecule has 0 saturated heterocycles. The molecule has 1 heterocycles. The van der Waals surface area contributed by atoms with Crippen molar-refractivity contribution in [2.45, 2.75) is 0 Å². The maximum atomic E-state index is 3.93. The lowest BCUT2D eigenvalue weighted by Crippen LogP contribution is -2.12. The van der Waals surface area contributed by atoms with E-state index in [0.717, 1.165) is 0 Å². The van der Waals surface area contributed by atoms with Crippen LogP contribution in [0, 0.1) is 0 Å². The zero-order chi connectivity index (χ0) is 6.69. The van der Waals surface area contributed by atoms with Gasteiger partial charge in [0.25, 0.3) is 0 Å². The largest absolute Gasteiger partial charge is 0.346 e. The first-order chi connectivity index (χ1) is 4.30. The summed E-state index contributed by atoms with van der Waals surface area (Å²) >= 11 is 0. The summed E-state index contributed by atoms with van der Waals surface area (Å²) in [6.45, 7) is 0. The smallest absolute Gasteiger partial charge is 0.244 e. The Kier molecular flexibility index (Phi) is 1.58. The van der Waals surface area contributed by atoms with E-state index in [1.165, 1.54) is 0 Å². The third kappa shape index (κ3) is 1.35. The van der Waals surface area contributed by atoms with E-state index in [0.29, 0.717) is 5.95 Å². The Hall–Kier alpha value is -1.19. The molecule has 0 aliphatic carbocycles. The summed E-state index contributed by atoms with van der Waals surface area (Å²) in [5.74, 6) is 0.637. The van der Waals surface area contributed by atoms with Gasteiger partial charge in [-0.3, -0.25) is 0 Å². The summed E-state index contributed by atoms with van der Waals surface area (Å²) in [5.41, 5.74) is 0. The molecule has 0 amide bonds. The Bertz CT molecular complexity index is 172. The second-order valence-corrected chi connectivity index (χ2v) is 1.84. The van der Waals surface area contributed by atoms with Gasteiger partial charge in [-0.15, -0.1) is 5.10 Å². The molecule has 4 nitrogen and oxygen atoms in total. The minimum absolute atomic E-state index is 0.637. The van der Waals surface area contributed by atoms with Crippen molar-refractivity contribution in [3.8, 4) is 0 Å².